The van der Waals surface area contributed by atoms with Crippen LogP contribution >= 0.6 is 27.5 Å². The average molecular weight is 548 g/mol. The van der Waals surface area contributed by atoms with E-state index in [9.17, 15) is 14.4 Å². The molecule has 3 fully saturated rings. The van der Waals surface area contributed by atoms with Crippen molar-refractivity contribution in [2.24, 2.45) is 28.6 Å². The first kappa shape index (κ1) is 24.2. The van der Waals surface area contributed by atoms with Crippen LogP contribution in [0.4, 0.5) is 0 Å². The van der Waals surface area contributed by atoms with E-state index in [-0.39, 0.29) is 22.4 Å². The first-order chi connectivity index (χ1) is 16.0. The van der Waals surface area contributed by atoms with Crippen LogP contribution in [0, 0.1) is 28.6 Å². The topological polar surface area (TPSA) is 60.4 Å². The quantitative estimate of drug-likeness (QED) is 0.379. The molecule has 0 radical (unpaired) electrons. The molecule has 4 nitrogen and oxygen atoms in total. The second-order valence-corrected chi connectivity index (χ2v) is 12.6. The molecule has 3 saturated carbocycles. The van der Waals surface area contributed by atoms with Crippen molar-refractivity contribution in [3.63, 3.8) is 0 Å². The summed E-state index contributed by atoms with van der Waals surface area (Å²) >= 11 is 9.61. The summed E-state index contributed by atoms with van der Waals surface area (Å²) in [5, 5.41) is 0.555. The van der Waals surface area contributed by atoms with Crippen LogP contribution < -0.4 is 0 Å². The van der Waals surface area contributed by atoms with Crippen molar-refractivity contribution in [1.29, 1.82) is 0 Å². The van der Waals surface area contributed by atoms with Crippen molar-refractivity contribution in [3.8, 4) is 0 Å². The third-order valence-electron chi connectivity index (χ3n) is 10.1. The molecule has 4 aliphatic rings. The molecule has 0 unspecified atom stereocenters. The fourth-order valence-corrected chi connectivity index (χ4v) is 9.24. The number of carbonyl (C=O) groups excluding carboxylic acids is 3. The average Bonchev–Trinajstić information content (AvgIpc) is 3.10. The Balaban J connectivity index is 1.47. The smallest absolute Gasteiger partial charge is 0.339 e. The normalized spacial score (nSPS) is 39.2. The molecule has 6 atom stereocenters. The van der Waals surface area contributed by atoms with Gasteiger partial charge in [0, 0.05) is 16.9 Å². The van der Waals surface area contributed by atoms with Crippen molar-refractivity contribution in [2.75, 3.05) is 0 Å². The minimum absolute atomic E-state index is 0.0262. The molecule has 4 aliphatic carbocycles. The zero-order chi connectivity index (χ0) is 24.5. The van der Waals surface area contributed by atoms with Crippen molar-refractivity contribution in [2.45, 2.75) is 77.7 Å². The highest BCUT2D eigenvalue weighted by molar-refractivity contribution is 9.12. The molecule has 182 valence electrons. The Kier molecular flexibility index (Phi) is 5.92. The first-order valence-electron chi connectivity index (χ1n) is 12.5. The molecule has 34 heavy (non-hydrogen) atoms. The van der Waals surface area contributed by atoms with Crippen molar-refractivity contribution < 1.29 is 19.1 Å². The molecule has 0 saturated heterocycles. The van der Waals surface area contributed by atoms with E-state index in [1.807, 2.05) is 0 Å². The number of esters is 1. The highest BCUT2D eigenvalue weighted by Crippen LogP contribution is 2.69. The maximum Gasteiger partial charge on any atom is 0.339 e. The van der Waals surface area contributed by atoms with Crippen LogP contribution in [0.1, 0.15) is 82.5 Å². The standard InChI is InChI=1S/C28H32BrClO4/c1-16(31)28(34-25(33)17-4-6-18(30)7-5-17)15-11-21-19-8-9-22-24(29)23(32)12-13-26(22,2)20(19)10-14-27(21,28)3/h4-7,19-21H,8-15H2,1-3H3/t19-,20+,21+,26-,27+,28+/m1/s1. The van der Waals surface area contributed by atoms with Gasteiger partial charge in [-0.15, -0.1) is 0 Å². The summed E-state index contributed by atoms with van der Waals surface area (Å²) < 4.78 is 7.02. The lowest BCUT2D eigenvalue weighted by molar-refractivity contribution is -0.161. The molecule has 5 rings (SSSR count). The Morgan fingerprint density at radius 2 is 1.68 bits per heavy atom. The molecule has 1 aromatic rings. The maximum absolute atomic E-state index is 13.2. The Morgan fingerprint density at radius 3 is 2.35 bits per heavy atom. The summed E-state index contributed by atoms with van der Waals surface area (Å²) in [4.78, 5) is 38.8. The minimum atomic E-state index is -1.10. The monoisotopic (exact) mass is 546 g/mol. The number of ether oxygens (including phenoxy) is 1. The molecule has 0 aliphatic heterocycles. The zero-order valence-electron chi connectivity index (χ0n) is 20.1. The number of allylic oxidation sites excluding steroid dienone is 1. The van der Waals surface area contributed by atoms with Gasteiger partial charge < -0.3 is 4.74 Å². The van der Waals surface area contributed by atoms with E-state index in [1.165, 1.54) is 5.57 Å². The lowest BCUT2D eigenvalue weighted by Crippen LogP contribution is -2.58. The molecule has 0 amide bonds. The van der Waals surface area contributed by atoms with E-state index >= 15 is 0 Å². The van der Waals surface area contributed by atoms with Gasteiger partial charge in [0.05, 0.1) is 10.0 Å². The van der Waals surface area contributed by atoms with Crippen LogP contribution in [0.15, 0.2) is 34.3 Å². The van der Waals surface area contributed by atoms with E-state index in [0.29, 0.717) is 41.2 Å². The van der Waals surface area contributed by atoms with E-state index in [2.05, 4.69) is 29.8 Å². The number of Topliss-reactive ketones (excluding diaryl/α,β-unsaturated/α-hetero) is 2. The molecular formula is C28H32BrClO4. The van der Waals surface area contributed by atoms with Gasteiger partial charge in [0.15, 0.2) is 17.2 Å². The molecule has 0 N–H and O–H groups in total. The maximum atomic E-state index is 13.2. The van der Waals surface area contributed by atoms with Gasteiger partial charge in [-0.2, -0.15) is 0 Å². The number of halogens is 2. The fraction of sp³-hybridized carbons (Fsp3) is 0.607. The number of rotatable bonds is 3. The summed E-state index contributed by atoms with van der Waals surface area (Å²) in [5.74, 6) is 1.01. The van der Waals surface area contributed by atoms with Crippen LogP contribution in [0.25, 0.3) is 0 Å². The number of ketones is 2. The highest BCUT2D eigenvalue weighted by Gasteiger charge is 2.68. The van der Waals surface area contributed by atoms with Gasteiger partial charge in [-0.25, -0.2) is 4.79 Å². The summed E-state index contributed by atoms with van der Waals surface area (Å²) in [7, 11) is 0. The van der Waals surface area contributed by atoms with Crippen LogP contribution in [0.5, 0.6) is 0 Å². The third kappa shape index (κ3) is 3.32. The predicted octanol–water partition coefficient (Wildman–Crippen LogP) is 7.08. The summed E-state index contributed by atoms with van der Waals surface area (Å²) in [6.07, 6.45) is 6.76. The van der Waals surface area contributed by atoms with Crippen molar-refractivity contribution >= 4 is 45.1 Å². The Morgan fingerprint density at radius 1 is 1.00 bits per heavy atom. The Hall–Kier alpha value is -1.46. The molecule has 0 heterocycles. The third-order valence-corrected chi connectivity index (χ3v) is 11.3. The summed E-state index contributed by atoms with van der Waals surface area (Å²) in [6, 6.07) is 6.65. The summed E-state index contributed by atoms with van der Waals surface area (Å²) in [5.41, 5.74) is 0.264. The number of fused-ring (bicyclic) bond motifs is 5. The number of hydrogen-bond donors (Lipinski definition) is 0. The van der Waals surface area contributed by atoms with Gasteiger partial charge in [-0.1, -0.05) is 25.4 Å². The second-order valence-electron chi connectivity index (χ2n) is 11.3. The molecule has 0 spiro atoms. The van der Waals surface area contributed by atoms with Crippen LogP contribution in [0.2, 0.25) is 5.02 Å². The molecule has 6 heteroatoms. The van der Waals surface area contributed by atoms with Crippen molar-refractivity contribution in [3.05, 3.63) is 44.9 Å². The zero-order valence-corrected chi connectivity index (χ0v) is 22.4. The number of carbonyl (C=O) groups is 3. The Labute approximate surface area is 215 Å². The number of benzene rings is 1. The van der Waals surface area contributed by atoms with Gasteiger partial charge in [0.2, 0.25) is 0 Å². The van der Waals surface area contributed by atoms with Crippen LogP contribution in [0.3, 0.4) is 0 Å². The van der Waals surface area contributed by atoms with Gasteiger partial charge in [0.1, 0.15) is 0 Å². The second kappa shape index (κ2) is 8.30. The van der Waals surface area contributed by atoms with E-state index in [4.69, 9.17) is 16.3 Å². The summed E-state index contributed by atoms with van der Waals surface area (Å²) in [6.45, 7) is 6.12. The lowest BCUT2D eigenvalue weighted by Gasteiger charge is -2.59. The van der Waals surface area contributed by atoms with Crippen LogP contribution in [-0.4, -0.2) is 23.1 Å². The molecule has 1 aromatic carbocycles. The number of hydrogen-bond acceptors (Lipinski definition) is 4. The van der Waals surface area contributed by atoms with E-state index in [0.717, 1.165) is 43.0 Å². The fourth-order valence-electron chi connectivity index (χ4n) is 8.27. The van der Waals surface area contributed by atoms with Gasteiger partial charge in [0.25, 0.3) is 0 Å². The van der Waals surface area contributed by atoms with Gasteiger partial charge in [-0.05, 0) is 121 Å². The van der Waals surface area contributed by atoms with E-state index < -0.39 is 11.6 Å². The van der Waals surface area contributed by atoms with E-state index in [1.54, 1.807) is 31.2 Å². The van der Waals surface area contributed by atoms with Gasteiger partial charge in [-0.3, -0.25) is 9.59 Å². The van der Waals surface area contributed by atoms with Crippen LogP contribution in [-0.2, 0) is 14.3 Å². The predicted molar refractivity (Wildman–Crippen MR) is 135 cm³/mol. The van der Waals surface area contributed by atoms with Crippen molar-refractivity contribution in [1.82, 2.24) is 0 Å². The Bertz CT molecular complexity index is 1090. The SMILES string of the molecule is CC(=O)[C@@]1(OC(=O)c2ccc(Cl)cc2)CC[C@H]2[C@@H]3CCC4=C(Br)C(=O)CC[C@]4(C)[C@H]3CC[C@@]21C. The lowest BCUT2D eigenvalue weighted by atomic mass is 9.46. The van der Waals surface area contributed by atoms with Gasteiger partial charge >= 0.3 is 5.97 Å². The molecule has 0 aromatic heterocycles. The largest absolute Gasteiger partial charge is 0.447 e. The molecular weight excluding hydrogens is 516 g/mol. The highest BCUT2D eigenvalue weighted by atomic mass is 79.9. The minimum Gasteiger partial charge on any atom is -0.447 e. The molecule has 0 bridgehead atoms. The first-order valence-corrected chi connectivity index (χ1v) is 13.6.